The maximum absolute atomic E-state index is 12.0. The molecule has 4 N–H and O–H groups in total. The second-order valence-corrected chi connectivity index (χ2v) is 9.79. The van der Waals surface area contributed by atoms with Crippen molar-refractivity contribution < 1.29 is 29.6 Å². The van der Waals surface area contributed by atoms with Gasteiger partial charge in [0.2, 0.25) is 0 Å². The summed E-state index contributed by atoms with van der Waals surface area (Å²) in [4.78, 5) is 16.4. The average Bonchev–Trinajstić information content (AvgIpc) is 3.39. The molecule has 11 nitrogen and oxygen atoms in total. The van der Waals surface area contributed by atoms with Crippen LogP contribution in [0.15, 0.2) is 12.5 Å². The minimum absolute atomic E-state index is 0.123. The number of anilines is 1. The smallest absolute Gasteiger partial charge is 0.306 e. The third-order valence-corrected chi connectivity index (χ3v) is 5.89. The molecule has 176 valence electrons. The van der Waals surface area contributed by atoms with Crippen molar-refractivity contribution in [3.63, 3.8) is 0 Å². The number of rotatable bonds is 6. The molecule has 0 amide bonds. The third-order valence-electron chi connectivity index (χ3n) is 5.89. The molecule has 2 fully saturated rings. The molecule has 0 bridgehead atoms. The number of imidazole rings is 1. The lowest BCUT2D eigenvalue weighted by atomic mass is 9.92. The van der Waals surface area contributed by atoms with Crippen LogP contribution in [0.2, 0.25) is 0 Å². The Labute approximate surface area is 185 Å². The van der Waals surface area contributed by atoms with Crippen LogP contribution < -0.4 is 5.32 Å². The van der Waals surface area contributed by atoms with Gasteiger partial charge in [0.25, 0.3) is 0 Å². The van der Waals surface area contributed by atoms with Gasteiger partial charge < -0.3 is 30.1 Å². The van der Waals surface area contributed by atoms with Gasteiger partial charge in [-0.25, -0.2) is 4.98 Å². The molecule has 0 radical (unpaired) electrons. The first-order valence-electron chi connectivity index (χ1n) is 10.9. The summed E-state index contributed by atoms with van der Waals surface area (Å²) in [6.07, 6.45) is 0.955. The fourth-order valence-corrected chi connectivity index (χ4v) is 4.21. The summed E-state index contributed by atoms with van der Waals surface area (Å²) >= 11 is 0. The zero-order valence-corrected chi connectivity index (χ0v) is 18.5. The Morgan fingerprint density at radius 3 is 2.75 bits per heavy atom. The summed E-state index contributed by atoms with van der Waals surface area (Å²) < 4.78 is 12.7. The molecule has 6 atom stereocenters. The summed E-state index contributed by atoms with van der Waals surface area (Å²) in [5.74, 6) is 0.0484. The number of carbonyl (C=O) groups is 1. The Kier molecular flexibility index (Phi) is 6.35. The van der Waals surface area contributed by atoms with Gasteiger partial charge in [0.1, 0.15) is 30.4 Å². The van der Waals surface area contributed by atoms with Crippen molar-refractivity contribution >= 4 is 22.8 Å². The van der Waals surface area contributed by atoms with Crippen LogP contribution in [-0.2, 0) is 14.3 Å². The van der Waals surface area contributed by atoms with E-state index >= 15 is 0 Å². The van der Waals surface area contributed by atoms with Crippen molar-refractivity contribution in [1.82, 2.24) is 19.7 Å². The second-order valence-electron chi connectivity index (χ2n) is 9.79. The lowest BCUT2D eigenvalue weighted by Crippen LogP contribution is -2.34. The van der Waals surface area contributed by atoms with Gasteiger partial charge in [-0.15, -0.1) is 5.10 Å². The largest absolute Gasteiger partial charge is 0.463 e. The summed E-state index contributed by atoms with van der Waals surface area (Å²) in [6.45, 7) is 5.62. The summed E-state index contributed by atoms with van der Waals surface area (Å²) in [5, 5.41) is 42.5. The minimum atomic E-state index is -1.25. The number of hydrogen-bond acceptors (Lipinski definition) is 10. The van der Waals surface area contributed by atoms with Crippen LogP contribution in [0.5, 0.6) is 0 Å². The Balaban J connectivity index is 1.48. The first-order valence-corrected chi connectivity index (χ1v) is 10.9. The fraction of sp³-hybridized carbons (Fsp3) is 0.714. The zero-order chi connectivity index (χ0) is 23.0. The van der Waals surface area contributed by atoms with Crippen molar-refractivity contribution in [3.8, 4) is 0 Å². The molecule has 0 spiro atoms. The number of aliphatic hydroxyl groups is 3. The highest BCUT2D eigenvalue weighted by Gasteiger charge is 2.45. The van der Waals surface area contributed by atoms with E-state index in [0.717, 1.165) is 19.3 Å². The summed E-state index contributed by atoms with van der Waals surface area (Å²) in [7, 11) is 0. The maximum atomic E-state index is 12.0. The third kappa shape index (κ3) is 4.70. The first kappa shape index (κ1) is 22.8. The number of ether oxygens (including phenoxy) is 2. The number of carbonyl (C=O) groups excluding carboxylic acids is 1. The standard InChI is InChI=1S/C21H31N5O6/c1-21(2,3)7-15(28)31-9-14-17(29)18(30)20(32-14)26-10-22-16-12(26)8-23-25-19(16)24-11-5-4-6-13(11)27/h8,10-11,13-14,17-18,20,27,29-30H,4-7,9H2,1-3H3,(H,24,25)/t11-,13-,14+,17+,18+,20+/m0/s1. The van der Waals surface area contributed by atoms with E-state index in [4.69, 9.17) is 9.47 Å². The molecule has 32 heavy (non-hydrogen) atoms. The van der Waals surface area contributed by atoms with E-state index in [9.17, 15) is 20.1 Å². The van der Waals surface area contributed by atoms with Crippen LogP contribution in [0.1, 0.15) is 52.7 Å². The number of esters is 1. The van der Waals surface area contributed by atoms with Crippen LogP contribution in [0.25, 0.3) is 11.0 Å². The van der Waals surface area contributed by atoms with E-state index in [1.807, 2.05) is 20.8 Å². The Bertz CT molecular complexity index is 960. The van der Waals surface area contributed by atoms with Crippen LogP contribution in [0, 0.1) is 5.41 Å². The first-order chi connectivity index (χ1) is 15.1. The Morgan fingerprint density at radius 1 is 1.28 bits per heavy atom. The van der Waals surface area contributed by atoms with Crippen molar-refractivity contribution in [2.24, 2.45) is 5.41 Å². The molecule has 1 saturated heterocycles. The van der Waals surface area contributed by atoms with E-state index in [1.165, 1.54) is 12.5 Å². The van der Waals surface area contributed by atoms with Gasteiger partial charge in [-0.05, 0) is 24.7 Å². The van der Waals surface area contributed by atoms with Gasteiger partial charge in [-0.2, -0.15) is 5.10 Å². The molecule has 4 rings (SSSR count). The maximum Gasteiger partial charge on any atom is 0.306 e. The normalized spacial score (nSPS) is 30.7. The Hall–Kier alpha value is -2.34. The van der Waals surface area contributed by atoms with Gasteiger partial charge in [-0.3, -0.25) is 9.36 Å². The molecule has 1 aliphatic carbocycles. The van der Waals surface area contributed by atoms with E-state index < -0.39 is 30.6 Å². The van der Waals surface area contributed by atoms with Crippen LogP contribution >= 0.6 is 0 Å². The molecule has 3 heterocycles. The Morgan fingerprint density at radius 2 is 2.06 bits per heavy atom. The molecule has 11 heteroatoms. The molecular weight excluding hydrogens is 418 g/mol. The van der Waals surface area contributed by atoms with Gasteiger partial charge in [0.15, 0.2) is 12.0 Å². The molecule has 1 saturated carbocycles. The van der Waals surface area contributed by atoms with Crippen molar-refractivity contribution in [2.45, 2.75) is 83.1 Å². The summed E-state index contributed by atoms with van der Waals surface area (Å²) in [6, 6.07) is -0.123. The fourth-order valence-electron chi connectivity index (χ4n) is 4.21. The lowest BCUT2D eigenvalue weighted by Gasteiger charge is -2.19. The van der Waals surface area contributed by atoms with Crippen LogP contribution in [0.4, 0.5) is 5.82 Å². The number of nitrogens with one attached hydrogen (secondary N) is 1. The van der Waals surface area contributed by atoms with Crippen LogP contribution in [0.3, 0.4) is 0 Å². The van der Waals surface area contributed by atoms with E-state index in [1.54, 1.807) is 4.57 Å². The van der Waals surface area contributed by atoms with E-state index in [0.29, 0.717) is 16.9 Å². The molecule has 0 aromatic carbocycles. The molecular formula is C21H31N5O6. The average molecular weight is 450 g/mol. The number of fused-ring (bicyclic) bond motifs is 1. The number of hydrogen-bond donors (Lipinski definition) is 4. The minimum Gasteiger partial charge on any atom is -0.463 e. The number of nitrogens with zero attached hydrogens (tertiary/aromatic N) is 4. The lowest BCUT2D eigenvalue weighted by molar-refractivity contribution is -0.152. The van der Waals surface area contributed by atoms with E-state index in [-0.39, 0.29) is 30.5 Å². The highest BCUT2D eigenvalue weighted by atomic mass is 16.6. The van der Waals surface area contributed by atoms with Crippen molar-refractivity contribution in [3.05, 3.63) is 12.5 Å². The van der Waals surface area contributed by atoms with E-state index in [2.05, 4.69) is 20.5 Å². The molecule has 2 aliphatic rings. The van der Waals surface area contributed by atoms with Crippen molar-refractivity contribution in [1.29, 1.82) is 0 Å². The quantitative estimate of drug-likeness (QED) is 0.465. The number of aromatic nitrogens is 4. The molecule has 2 aromatic rings. The SMILES string of the molecule is CC(C)(C)CC(=O)OC[C@H]1O[C@@H](n2cnc3c(N[C@H]4CCC[C@@H]4O)nncc32)[C@H](O)[C@@H]1O. The van der Waals surface area contributed by atoms with Gasteiger partial charge in [0.05, 0.1) is 36.6 Å². The zero-order valence-electron chi connectivity index (χ0n) is 18.5. The van der Waals surface area contributed by atoms with Gasteiger partial charge in [0, 0.05) is 0 Å². The monoisotopic (exact) mass is 449 g/mol. The predicted molar refractivity (Wildman–Crippen MR) is 114 cm³/mol. The number of aliphatic hydroxyl groups excluding tert-OH is 3. The van der Waals surface area contributed by atoms with Crippen molar-refractivity contribution in [2.75, 3.05) is 11.9 Å². The summed E-state index contributed by atoms with van der Waals surface area (Å²) in [5.41, 5.74) is 0.853. The highest BCUT2D eigenvalue weighted by molar-refractivity contribution is 5.85. The molecule has 1 aliphatic heterocycles. The van der Waals surface area contributed by atoms with Gasteiger partial charge in [-0.1, -0.05) is 20.8 Å². The highest BCUT2D eigenvalue weighted by Crippen LogP contribution is 2.33. The van der Waals surface area contributed by atoms with Crippen LogP contribution in [-0.4, -0.2) is 78.1 Å². The molecule has 0 unspecified atom stereocenters. The second kappa shape index (κ2) is 8.89. The topological polar surface area (TPSA) is 152 Å². The van der Waals surface area contributed by atoms with Gasteiger partial charge >= 0.3 is 5.97 Å². The predicted octanol–water partition coefficient (Wildman–Crippen LogP) is 0.750. The molecule has 2 aromatic heterocycles.